The number of hydrogen-bond donors (Lipinski definition) is 1. The number of nitrogens with zero attached hydrogens (tertiary/aromatic N) is 2. The highest BCUT2D eigenvalue weighted by Gasteiger charge is 2.34. The van der Waals surface area contributed by atoms with Gasteiger partial charge in [0.05, 0.1) is 25.7 Å². The number of piperidine rings is 1. The molecular weight excluding hydrogens is 491 g/mol. The predicted molar refractivity (Wildman–Crippen MR) is 145 cm³/mol. The van der Waals surface area contributed by atoms with Crippen LogP contribution in [0.15, 0.2) is 59.6 Å². The van der Waals surface area contributed by atoms with E-state index in [2.05, 4.69) is 16.0 Å². The topological polar surface area (TPSA) is 71.9 Å². The number of aromatic nitrogens is 1. The zero-order chi connectivity index (χ0) is 26.2. The van der Waals surface area contributed by atoms with E-state index in [-0.39, 0.29) is 5.92 Å². The molecular formula is C29H35FN2O4S. The van der Waals surface area contributed by atoms with E-state index < -0.39 is 18.1 Å². The molecule has 1 saturated heterocycles. The number of aliphatic carboxylic acids is 1. The third kappa shape index (κ3) is 6.93. The van der Waals surface area contributed by atoms with Gasteiger partial charge in [0.25, 0.3) is 0 Å². The Hall–Kier alpha value is -2.84. The summed E-state index contributed by atoms with van der Waals surface area (Å²) in [5.74, 6) is 1.19. The number of carbonyl (C=O) groups is 1. The van der Waals surface area contributed by atoms with Gasteiger partial charge in [-0.15, -0.1) is 11.8 Å². The van der Waals surface area contributed by atoms with E-state index in [1.54, 1.807) is 38.2 Å². The van der Waals surface area contributed by atoms with Crippen LogP contribution in [0, 0.1) is 11.8 Å². The number of benzene rings is 2. The van der Waals surface area contributed by atoms with Crippen molar-refractivity contribution in [3.05, 3.63) is 60.3 Å². The summed E-state index contributed by atoms with van der Waals surface area (Å²) in [4.78, 5) is 19.8. The highest BCUT2D eigenvalue weighted by Crippen LogP contribution is 2.36. The number of pyridine rings is 1. The van der Waals surface area contributed by atoms with Crippen LogP contribution in [0.5, 0.6) is 11.5 Å². The minimum Gasteiger partial charge on any atom is -0.497 e. The van der Waals surface area contributed by atoms with Crippen molar-refractivity contribution in [3.8, 4) is 11.5 Å². The zero-order valence-electron chi connectivity index (χ0n) is 21.4. The maximum atomic E-state index is 15.4. The molecule has 0 spiro atoms. The van der Waals surface area contributed by atoms with Crippen LogP contribution in [0.25, 0.3) is 10.9 Å². The number of likely N-dealkylation sites (tertiary alicyclic amines) is 1. The minimum atomic E-state index is -1.18. The number of carboxylic acid groups (broad SMARTS) is 1. The number of fused-ring (bicyclic) bond motifs is 1. The predicted octanol–water partition coefficient (Wildman–Crippen LogP) is 6.25. The van der Waals surface area contributed by atoms with Gasteiger partial charge in [0, 0.05) is 23.0 Å². The molecule has 0 amide bonds. The molecule has 198 valence electrons. The summed E-state index contributed by atoms with van der Waals surface area (Å²) in [5.41, 5.74) is 1.31. The number of halogens is 1. The molecule has 0 radical (unpaired) electrons. The van der Waals surface area contributed by atoms with Crippen LogP contribution in [0.4, 0.5) is 4.39 Å². The summed E-state index contributed by atoms with van der Waals surface area (Å²) < 4.78 is 26.1. The summed E-state index contributed by atoms with van der Waals surface area (Å²) in [6, 6.07) is 15.1. The molecule has 37 heavy (non-hydrogen) atoms. The van der Waals surface area contributed by atoms with Gasteiger partial charge in [-0.3, -0.25) is 9.78 Å². The molecule has 0 saturated carbocycles. The Balaban J connectivity index is 1.29. The van der Waals surface area contributed by atoms with Crippen LogP contribution in [-0.4, -0.2) is 60.6 Å². The monoisotopic (exact) mass is 526 g/mol. The fourth-order valence-electron chi connectivity index (χ4n) is 5.17. The third-order valence-electron chi connectivity index (χ3n) is 7.21. The summed E-state index contributed by atoms with van der Waals surface area (Å²) in [6.07, 6.45) is 3.02. The average Bonchev–Trinajstić information content (AvgIpc) is 2.93. The van der Waals surface area contributed by atoms with Gasteiger partial charge in [0.1, 0.15) is 17.7 Å². The molecule has 1 fully saturated rings. The molecule has 3 aromatic rings. The zero-order valence-corrected chi connectivity index (χ0v) is 22.3. The van der Waals surface area contributed by atoms with Crippen molar-refractivity contribution in [1.29, 1.82) is 0 Å². The molecule has 0 aliphatic carbocycles. The number of hydrogen-bond acceptors (Lipinski definition) is 6. The Kier molecular flexibility index (Phi) is 9.63. The number of thioether (sulfide) groups is 1. The van der Waals surface area contributed by atoms with Crippen molar-refractivity contribution in [3.63, 3.8) is 0 Å². The van der Waals surface area contributed by atoms with Crippen molar-refractivity contribution >= 4 is 28.6 Å². The highest BCUT2D eigenvalue weighted by molar-refractivity contribution is 7.99. The standard InChI is InChI=1S/C29H35FN2O4S/c1-35-21-9-11-26-23(18-21)22(12-14-31-26)25(30)10-8-20-13-16-32(19-24(20)29(33)34)15-5-17-37-28-7-4-3-6-27(28)36-2/h3-4,6-7,9,11-12,14,18,20,24-25H,5,8,10,13,15-17,19H2,1-2H3,(H,33,34)/t20-,24+,25?/m1/s1. The molecule has 2 aromatic carbocycles. The summed E-state index contributed by atoms with van der Waals surface area (Å²) in [5, 5.41) is 10.7. The van der Waals surface area contributed by atoms with Crippen LogP contribution in [0.3, 0.4) is 0 Å². The van der Waals surface area contributed by atoms with Gasteiger partial charge in [-0.25, -0.2) is 4.39 Å². The molecule has 1 aliphatic heterocycles. The SMILES string of the molecule is COc1ccc2nccc(C(F)CC[C@@H]3CCN(CCCSc4ccccc4OC)C[C@@H]3C(=O)O)c2c1. The number of ether oxygens (including phenoxy) is 2. The van der Waals surface area contributed by atoms with Gasteiger partial charge in [0.2, 0.25) is 0 Å². The number of methoxy groups -OCH3 is 2. The maximum absolute atomic E-state index is 15.4. The number of para-hydroxylation sites is 1. The fourth-order valence-corrected chi connectivity index (χ4v) is 6.13. The molecule has 1 aromatic heterocycles. The lowest BCUT2D eigenvalue weighted by Crippen LogP contribution is -2.44. The van der Waals surface area contributed by atoms with Crippen LogP contribution >= 0.6 is 11.8 Å². The summed E-state index contributed by atoms with van der Waals surface area (Å²) in [6.45, 7) is 2.22. The van der Waals surface area contributed by atoms with Crippen molar-refractivity contribution in [2.45, 2.75) is 36.8 Å². The van der Waals surface area contributed by atoms with E-state index in [0.717, 1.165) is 53.2 Å². The normalized spacial score (nSPS) is 19.0. The molecule has 6 nitrogen and oxygen atoms in total. The van der Waals surface area contributed by atoms with E-state index in [1.165, 1.54) is 0 Å². The summed E-state index contributed by atoms with van der Waals surface area (Å²) in [7, 11) is 3.26. The fraction of sp³-hybridized carbons (Fsp3) is 0.448. The molecule has 2 heterocycles. The Bertz CT molecular complexity index is 1190. The van der Waals surface area contributed by atoms with Gasteiger partial charge in [-0.1, -0.05) is 12.1 Å². The minimum absolute atomic E-state index is 0.0300. The van der Waals surface area contributed by atoms with E-state index >= 15 is 4.39 Å². The second-order valence-electron chi connectivity index (χ2n) is 9.48. The Labute approximate surface area is 222 Å². The first-order valence-electron chi connectivity index (χ1n) is 12.8. The molecule has 1 aliphatic rings. The molecule has 1 N–H and O–H groups in total. The van der Waals surface area contributed by atoms with Crippen LogP contribution < -0.4 is 9.47 Å². The van der Waals surface area contributed by atoms with E-state index in [0.29, 0.717) is 30.7 Å². The van der Waals surface area contributed by atoms with E-state index in [4.69, 9.17) is 9.47 Å². The van der Waals surface area contributed by atoms with Gasteiger partial charge in [-0.05, 0) is 92.4 Å². The first kappa shape index (κ1) is 27.2. The molecule has 1 unspecified atom stereocenters. The first-order chi connectivity index (χ1) is 18.0. The quantitative estimate of drug-likeness (QED) is 0.221. The smallest absolute Gasteiger partial charge is 0.308 e. The van der Waals surface area contributed by atoms with Crippen LogP contribution in [0.1, 0.15) is 37.4 Å². The Morgan fingerprint density at radius 1 is 1.22 bits per heavy atom. The second kappa shape index (κ2) is 13.1. The third-order valence-corrected chi connectivity index (χ3v) is 8.35. The van der Waals surface area contributed by atoms with E-state index in [9.17, 15) is 9.90 Å². The second-order valence-corrected chi connectivity index (χ2v) is 10.6. The lowest BCUT2D eigenvalue weighted by molar-refractivity contribution is -0.146. The van der Waals surface area contributed by atoms with Crippen molar-refractivity contribution in [2.75, 3.05) is 39.6 Å². The summed E-state index contributed by atoms with van der Waals surface area (Å²) >= 11 is 1.76. The van der Waals surface area contributed by atoms with Gasteiger partial charge >= 0.3 is 5.97 Å². The Morgan fingerprint density at radius 3 is 2.84 bits per heavy atom. The molecule has 4 rings (SSSR count). The van der Waals surface area contributed by atoms with E-state index in [1.807, 2.05) is 36.4 Å². The lowest BCUT2D eigenvalue weighted by atomic mass is 9.81. The highest BCUT2D eigenvalue weighted by atomic mass is 32.2. The largest absolute Gasteiger partial charge is 0.497 e. The van der Waals surface area contributed by atoms with Crippen LogP contribution in [-0.2, 0) is 4.79 Å². The van der Waals surface area contributed by atoms with Crippen LogP contribution in [0.2, 0.25) is 0 Å². The van der Waals surface area contributed by atoms with Crippen molar-refractivity contribution in [1.82, 2.24) is 9.88 Å². The van der Waals surface area contributed by atoms with Crippen molar-refractivity contribution in [2.24, 2.45) is 11.8 Å². The number of rotatable bonds is 12. The van der Waals surface area contributed by atoms with Crippen molar-refractivity contribution < 1.29 is 23.8 Å². The number of alkyl halides is 1. The molecule has 8 heteroatoms. The average molecular weight is 527 g/mol. The Morgan fingerprint density at radius 2 is 2.05 bits per heavy atom. The molecule has 0 bridgehead atoms. The number of carboxylic acids is 1. The molecule has 3 atom stereocenters. The first-order valence-corrected chi connectivity index (χ1v) is 13.8. The maximum Gasteiger partial charge on any atom is 0.308 e. The van der Waals surface area contributed by atoms with Gasteiger partial charge in [0.15, 0.2) is 0 Å². The van der Waals surface area contributed by atoms with Gasteiger partial charge in [-0.2, -0.15) is 0 Å². The van der Waals surface area contributed by atoms with Gasteiger partial charge < -0.3 is 19.5 Å². The lowest BCUT2D eigenvalue weighted by Gasteiger charge is -2.36.